The summed E-state index contributed by atoms with van der Waals surface area (Å²) >= 11 is 0. The summed E-state index contributed by atoms with van der Waals surface area (Å²) in [4.78, 5) is 35.4. The number of nitrogens with zero attached hydrogens (tertiary/aromatic N) is 1. The Balaban J connectivity index is 0. The van der Waals surface area contributed by atoms with Crippen molar-refractivity contribution in [2.75, 3.05) is 26.8 Å². The molecule has 0 saturated heterocycles. The van der Waals surface area contributed by atoms with Crippen LogP contribution in [0.15, 0.2) is 0 Å². The zero-order valence-corrected chi connectivity index (χ0v) is 40.0. The van der Waals surface area contributed by atoms with Gasteiger partial charge in [-0.3, -0.25) is 14.4 Å². The van der Waals surface area contributed by atoms with Crippen molar-refractivity contribution in [2.45, 2.75) is 266 Å². The standard InChI is InChI=1S/C50H99NO4.CH2O2/c1-8-12-31-47(32-13-9-2)40-43-54-49(52)38-28-24-20-16-18-22-26-35-46(37-30-42-51(7)45(5)6)36-27-23-19-17-21-25-29-39-50(53)55-44-41-48(33-14-10-3)34-15-11-4;2-1-3/h45-48H,8-44H2,1-7H3;1H,(H,2,3). The quantitative estimate of drug-likeness (QED) is 0.0372. The van der Waals surface area contributed by atoms with Crippen LogP contribution in [0.25, 0.3) is 0 Å². The van der Waals surface area contributed by atoms with Crippen molar-refractivity contribution < 1.29 is 29.0 Å². The van der Waals surface area contributed by atoms with E-state index in [9.17, 15) is 9.59 Å². The van der Waals surface area contributed by atoms with E-state index in [2.05, 4.69) is 53.5 Å². The Morgan fingerprint density at radius 3 is 1.07 bits per heavy atom. The second-order valence-electron chi connectivity index (χ2n) is 18.0. The van der Waals surface area contributed by atoms with Gasteiger partial charge in [-0.25, -0.2) is 0 Å². The molecule has 0 atom stereocenters. The van der Waals surface area contributed by atoms with Gasteiger partial charge in [0.15, 0.2) is 0 Å². The topological polar surface area (TPSA) is 93.1 Å². The first-order valence-corrected chi connectivity index (χ1v) is 25.3. The summed E-state index contributed by atoms with van der Waals surface area (Å²) in [7, 11) is 2.27. The lowest BCUT2D eigenvalue weighted by molar-refractivity contribution is -0.145. The lowest BCUT2D eigenvalue weighted by Crippen LogP contribution is -2.27. The van der Waals surface area contributed by atoms with Crippen LogP contribution in [0.1, 0.15) is 260 Å². The molecule has 0 aromatic heterocycles. The molecule has 0 aliphatic heterocycles. The summed E-state index contributed by atoms with van der Waals surface area (Å²) in [6.45, 7) is 15.8. The Bertz CT molecular complexity index is 794. The molecule has 0 bridgehead atoms. The smallest absolute Gasteiger partial charge is 0.305 e. The van der Waals surface area contributed by atoms with Crippen molar-refractivity contribution in [1.82, 2.24) is 4.90 Å². The Labute approximate surface area is 361 Å². The number of carbonyl (C=O) groups excluding carboxylic acids is 2. The fraction of sp³-hybridized carbons (Fsp3) is 0.941. The minimum Gasteiger partial charge on any atom is -0.483 e. The van der Waals surface area contributed by atoms with Crippen molar-refractivity contribution in [2.24, 2.45) is 17.8 Å². The third kappa shape index (κ3) is 42.5. The fourth-order valence-corrected chi connectivity index (χ4v) is 8.15. The summed E-state index contributed by atoms with van der Waals surface area (Å²) in [6, 6.07) is 0.626. The van der Waals surface area contributed by atoms with E-state index in [1.165, 1.54) is 173 Å². The molecule has 0 rings (SSSR count). The van der Waals surface area contributed by atoms with Crippen LogP contribution in [0.4, 0.5) is 0 Å². The molecule has 0 spiro atoms. The minimum atomic E-state index is -0.250. The lowest BCUT2D eigenvalue weighted by atomic mass is 9.90. The van der Waals surface area contributed by atoms with Crippen LogP contribution in [-0.4, -0.2) is 61.3 Å². The van der Waals surface area contributed by atoms with Gasteiger partial charge in [0, 0.05) is 18.9 Å². The Morgan fingerprint density at radius 2 is 0.741 bits per heavy atom. The van der Waals surface area contributed by atoms with E-state index in [-0.39, 0.29) is 18.4 Å². The molecule has 7 nitrogen and oxygen atoms in total. The van der Waals surface area contributed by atoms with Crippen LogP contribution in [-0.2, 0) is 23.9 Å². The molecule has 1 N–H and O–H groups in total. The number of ether oxygens (including phenoxy) is 2. The van der Waals surface area contributed by atoms with E-state index in [1.807, 2.05) is 0 Å². The third-order valence-electron chi connectivity index (χ3n) is 12.4. The van der Waals surface area contributed by atoms with Crippen LogP contribution < -0.4 is 0 Å². The maximum atomic E-state index is 12.3. The zero-order valence-electron chi connectivity index (χ0n) is 40.0. The molecular formula is C51H101NO6. The van der Waals surface area contributed by atoms with E-state index in [4.69, 9.17) is 19.4 Å². The Kier molecular flexibility index (Phi) is 46.8. The maximum Gasteiger partial charge on any atom is 0.305 e. The summed E-state index contributed by atoms with van der Waals surface area (Å²) in [5, 5.41) is 6.89. The third-order valence-corrected chi connectivity index (χ3v) is 12.4. The average molecular weight is 824 g/mol. The Morgan fingerprint density at radius 1 is 0.466 bits per heavy atom. The van der Waals surface area contributed by atoms with Gasteiger partial charge in [-0.1, -0.05) is 195 Å². The molecule has 0 aliphatic carbocycles. The normalized spacial score (nSPS) is 11.5. The van der Waals surface area contributed by atoms with Gasteiger partial charge >= 0.3 is 11.9 Å². The van der Waals surface area contributed by atoms with Gasteiger partial charge in [-0.05, 0) is 83.7 Å². The second kappa shape index (κ2) is 46.4. The molecular weight excluding hydrogens is 723 g/mol. The van der Waals surface area contributed by atoms with Gasteiger partial charge in [0.25, 0.3) is 6.47 Å². The van der Waals surface area contributed by atoms with E-state index in [0.29, 0.717) is 32.1 Å². The number of rotatable bonds is 43. The van der Waals surface area contributed by atoms with E-state index >= 15 is 0 Å². The van der Waals surface area contributed by atoms with Crippen molar-refractivity contribution in [3.05, 3.63) is 0 Å². The molecule has 7 heteroatoms. The molecule has 0 amide bonds. The highest BCUT2D eigenvalue weighted by Gasteiger charge is 2.13. The molecule has 0 aliphatic rings. The number of unbranched alkanes of at least 4 members (excludes halogenated alkanes) is 16. The zero-order chi connectivity index (χ0) is 43.3. The number of esters is 2. The second-order valence-corrected chi connectivity index (χ2v) is 18.0. The number of carboxylic acid groups (broad SMARTS) is 1. The predicted octanol–water partition coefficient (Wildman–Crippen LogP) is 15.3. The van der Waals surface area contributed by atoms with Gasteiger partial charge in [-0.2, -0.15) is 0 Å². The van der Waals surface area contributed by atoms with E-state index in [0.717, 1.165) is 56.3 Å². The van der Waals surface area contributed by atoms with Gasteiger partial charge in [0.2, 0.25) is 0 Å². The highest BCUT2D eigenvalue weighted by Crippen LogP contribution is 2.25. The largest absolute Gasteiger partial charge is 0.483 e. The van der Waals surface area contributed by atoms with E-state index in [1.54, 1.807) is 0 Å². The van der Waals surface area contributed by atoms with Crippen LogP contribution >= 0.6 is 0 Å². The van der Waals surface area contributed by atoms with Crippen LogP contribution in [0, 0.1) is 17.8 Å². The SMILES string of the molecule is CCCCC(CCCC)CCOC(=O)CCCCCCCCCC(CCCCCCCCCC(=O)OCCC(CCCC)CCCC)CCCN(C)C(C)C.O=CO. The first kappa shape index (κ1) is 58.5. The van der Waals surface area contributed by atoms with Gasteiger partial charge in [0.1, 0.15) is 0 Å². The van der Waals surface area contributed by atoms with Crippen molar-refractivity contribution in [3.63, 3.8) is 0 Å². The first-order valence-electron chi connectivity index (χ1n) is 25.3. The molecule has 0 heterocycles. The monoisotopic (exact) mass is 824 g/mol. The molecule has 0 aromatic carbocycles. The van der Waals surface area contributed by atoms with Crippen LogP contribution in [0.5, 0.6) is 0 Å². The summed E-state index contributed by atoms with van der Waals surface area (Å²) < 4.78 is 11.2. The van der Waals surface area contributed by atoms with E-state index < -0.39 is 0 Å². The number of hydrogen-bond donors (Lipinski definition) is 1. The summed E-state index contributed by atoms with van der Waals surface area (Å²) in [5.41, 5.74) is 0. The Hall–Kier alpha value is -1.63. The van der Waals surface area contributed by atoms with Crippen LogP contribution in [0.3, 0.4) is 0 Å². The molecule has 58 heavy (non-hydrogen) atoms. The van der Waals surface area contributed by atoms with Gasteiger partial charge < -0.3 is 19.5 Å². The highest BCUT2D eigenvalue weighted by atomic mass is 16.5. The maximum absolute atomic E-state index is 12.3. The summed E-state index contributed by atoms with van der Waals surface area (Å²) in [6.07, 6.45) is 41.6. The van der Waals surface area contributed by atoms with Crippen molar-refractivity contribution in [3.8, 4) is 0 Å². The average Bonchev–Trinajstić information content (AvgIpc) is 3.20. The van der Waals surface area contributed by atoms with Gasteiger partial charge in [0.05, 0.1) is 13.2 Å². The van der Waals surface area contributed by atoms with Gasteiger partial charge in [-0.15, -0.1) is 0 Å². The lowest BCUT2D eigenvalue weighted by Gasteiger charge is -2.23. The first-order chi connectivity index (χ1) is 28.2. The molecule has 0 fully saturated rings. The number of hydrogen-bond acceptors (Lipinski definition) is 6. The molecule has 0 unspecified atom stereocenters. The molecule has 0 radical (unpaired) electrons. The van der Waals surface area contributed by atoms with Crippen LogP contribution in [0.2, 0.25) is 0 Å². The molecule has 0 saturated carbocycles. The molecule has 0 aromatic rings. The fourth-order valence-electron chi connectivity index (χ4n) is 8.15. The predicted molar refractivity (Wildman–Crippen MR) is 249 cm³/mol. The van der Waals surface area contributed by atoms with Crippen molar-refractivity contribution >= 4 is 18.4 Å². The highest BCUT2D eigenvalue weighted by molar-refractivity contribution is 5.69. The summed E-state index contributed by atoms with van der Waals surface area (Å²) in [5.74, 6) is 2.36. The van der Waals surface area contributed by atoms with Crippen molar-refractivity contribution in [1.29, 1.82) is 0 Å². The molecule has 346 valence electrons. The number of carbonyl (C=O) groups is 3. The minimum absolute atomic E-state index is 0.0172.